The van der Waals surface area contributed by atoms with Crippen molar-refractivity contribution in [3.8, 4) is 0 Å². The number of anilines is 1. The van der Waals surface area contributed by atoms with Crippen LogP contribution in [0.3, 0.4) is 0 Å². The van der Waals surface area contributed by atoms with E-state index in [1.165, 1.54) is 12.1 Å². The van der Waals surface area contributed by atoms with E-state index in [-0.39, 0.29) is 5.82 Å². The third-order valence-electron chi connectivity index (χ3n) is 3.22. The van der Waals surface area contributed by atoms with Crippen LogP contribution in [-0.4, -0.2) is 47.0 Å². The first-order chi connectivity index (χ1) is 11.0. The Kier molecular flexibility index (Phi) is 6.49. The van der Waals surface area contributed by atoms with E-state index >= 15 is 0 Å². The molecule has 124 valence electrons. The van der Waals surface area contributed by atoms with Gasteiger partial charge in [0, 0.05) is 12.7 Å². The number of nitrogens with zero attached hydrogens (tertiary/aromatic N) is 3. The zero-order valence-electron chi connectivity index (χ0n) is 13.4. The van der Waals surface area contributed by atoms with Gasteiger partial charge >= 0.3 is 0 Å². The van der Waals surface area contributed by atoms with Crippen molar-refractivity contribution in [1.29, 1.82) is 0 Å². The molecule has 23 heavy (non-hydrogen) atoms. The summed E-state index contributed by atoms with van der Waals surface area (Å²) in [6, 6.07) is 6.40. The standard InChI is InChI=1S/C16H22FN5S/c1-21(2)9-3-8-18-16(23)20-15-10-19-22(12-15)11-13-4-6-14(17)7-5-13/h4-7,10,12H,3,8-9,11H2,1-2H3,(H2,18,20,23). The molecule has 7 heteroatoms. The number of thiocarbonyl (C=S) groups is 1. The molecule has 0 atom stereocenters. The van der Waals surface area contributed by atoms with Gasteiger partial charge in [-0.3, -0.25) is 4.68 Å². The van der Waals surface area contributed by atoms with E-state index in [1.54, 1.807) is 23.0 Å². The van der Waals surface area contributed by atoms with Crippen LogP contribution in [0.25, 0.3) is 0 Å². The van der Waals surface area contributed by atoms with Crippen LogP contribution in [0.15, 0.2) is 36.7 Å². The number of nitrogens with one attached hydrogen (secondary N) is 2. The fraction of sp³-hybridized carbons (Fsp3) is 0.375. The second kappa shape index (κ2) is 8.59. The lowest BCUT2D eigenvalue weighted by Gasteiger charge is -2.11. The first-order valence-electron chi connectivity index (χ1n) is 7.49. The first kappa shape index (κ1) is 17.4. The smallest absolute Gasteiger partial charge is 0.170 e. The Balaban J connectivity index is 1.77. The summed E-state index contributed by atoms with van der Waals surface area (Å²) >= 11 is 5.25. The molecule has 5 nitrogen and oxygen atoms in total. The second-order valence-corrected chi connectivity index (χ2v) is 6.00. The topological polar surface area (TPSA) is 45.1 Å². The average Bonchev–Trinajstić information content (AvgIpc) is 2.93. The molecule has 1 aromatic heterocycles. The Morgan fingerprint density at radius 1 is 1.30 bits per heavy atom. The third kappa shape index (κ3) is 6.33. The Bertz CT molecular complexity index is 624. The monoisotopic (exact) mass is 335 g/mol. The number of hydrogen-bond acceptors (Lipinski definition) is 3. The zero-order chi connectivity index (χ0) is 16.7. The Labute approximate surface area is 141 Å². The van der Waals surface area contributed by atoms with Crippen molar-refractivity contribution in [3.05, 3.63) is 48.0 Å². The Hall–Kier alpha value is -1.99. The van der Waals surface area contributed by atoms with E-state index in [0.29, 0.717) is 11.7 Å². The van der Waals surface area contributed by atoms with Crippen molar-refractivity contribution in [3.63, 3.8) is 0 Å². The molecule has 0 amide bonds. The van der Waals surface area contributed by atoms with Gasteiger partial charge in [0.25, 0.3) is 0 Å². The summed E-state index contributed by atoms with van der Waals surface area (Å²) in [4.78, 5) is 2.14. The lowest BCUT2D eigenvalue weighted by atomic mass is 10.2. The van der Waals surface area contributed by atoms with E-state index in [4.69, 9.17) is 12.2 Å². The second-order valence-electron chi connectivity index (χ2n) is 5.59. The number of aromatic nitrogens is 2. The summed E-state index contributed by atoms with van der Waals surface area (Å²) in [5, 5.41) is 11.1. The Morgan fingerprint density at radius 2 is 2.04 bits per heavy atom. The van der Waals surface area contributed by atoms with E-state index in [1.807, 2.05) is 20.3 Å². The number of halogens is 1. The summed E-state index contributed by atoms with van der Waals surface area (Å²) < 4.78 is 14.7. The molecule has 0 fully saturated rings. The van der Waals surface area contributed by atoms with Gasteiger partial charge in [-0.25, -0.2) is 4.39 Å². The van der Waals surface area contributed by atoms with E-state index in [9.17, 15) is 4.39 Å². The van der Waals surface area contributed by atoms with Gasteiger partial charge in [0.15, 0.2) is 5.11 Å². The molecule has 0 bridgehead atoms. The van der Waals surface area contributed by atoms with Gasteiger partial charge < -0.3 is 15.5 Å². The molecule has 0 spiro atoms. The predicted molar refractivity (Wildman–Crippen MR) is 95.1 cm³/mol. The summed E-state index contributed by atoms with van der Waals surface area (Å²) in [6.45, 7) is 2.43. The van der Waals surface area contributed by atoms with Crippen molar-refractivity contribution in [2.75, 3.05) is 32.5 Å². The van der Waals surface area contributed by atoms with Crippen molar-refractivity contribution in [2.45, 2.75) is 13.0 Å². The molecule has 0 aliphatic rings. The lowest BCUT2D eigenvalue weighted by Crippen LogP contribution is -2.30. The number of rotatable bonds is 7. The molecule has 1 aromatic carbocycles. The summed E-state index contributed by atoms with van der Waals surface area (Å²) in [6.07, 6.45) is 4.62. The molecule has 0 unspecified atom stereocenters. The third-order valence-corrected chi connectivity index (χ3v) is 3.46. The van der Waals surface area contributed by atoms with E-state index in [2.05, 4.69) is 20.6 Å². The summed E-state index contributed by atoms with van der Waals surface area (Å²) in [7, 11) is 4.10. The minimum Gasteiger partial charge on any atom is -0.362 e. The van der Waals surface area contributed by atoms with Gasteiger partial charge in [-0.15, -0.1) is 0 Å². The normalized spacial score (nSPS) is 10.8. The minimum atomic E-state index is -0.234. The van der Waals surface area contributed by atoms with Crippen LogP contribution in [0.4, 0.5) is 10.1 Å². The molecular formula is C16H22FN5S. The van der Waals surface area contributed by atoms with Gasteiger partial charge in [0.2, 0.25) is 0 Å². The Morgan fingerprint density at radius 3 is 2.74 bits per heavy atom. The molecular weight excluding hydrogens is 313 g/mol. The predicted octanol–water partition coefficient (Wildman–Crippen LogP) is 2.31. The van der Waals surface area contributed by atoms with Crippen molar-refractivity contribution in [1.82, 2.24) is 20.0 Å². The summed E-state index contributed by atoms with van der Waals surface area (Å²) in [5.41, 5.74) is 1.82. The van der Waals surface area contributed by atoms with Gasteiger partial charge in [0.1, 0.15) is 5.82 Å². The molecule has 1 heterocycles. The van der Waals surface area contributed by atoms with Gasteiger partial charge in [0.05, 0.1) is 18.4 Å². The van der Waals surface area contributed by atoms with Crippen LogP contribution in [0.1, 0.15) is 12.0 Å². The van der Waals surface area contributed by atoms with Gasteiger partial charge in [-0.05, 0) is 57.0 Å². The van der Waals surface area contributed by atoms with Crippen LogP contribution in [0.5, 0.6) is 0 Å². The van der Waals surface area contributed by atoms with Gasteiger partial charge in [-0.1, -0.05) is 12.1 Å². The molecule has 2 aromatic rings. The van der Waals surface area contributed by atoms with Crippen molar-refractivity contribution < 1.29 is 4.39 Å². The quantitative estimate of drug-likeness (QED) is 0.600. The van der Waals surface area contributed by atoms with Gasteiger partial charge in [-0.2, -0.15) is 5.10 Å². The van der Waals surface area contributed by atoms with Crippen molar-refractivity contribution >= 4 is 23.0 Å². The zero-order valence-corrected chi connectivity index (χ0v) is 14.2. The highest BCUT2D eigenvalue weighted by Crippen LogP contribution is 2.09. The SMILES string of the molecule is CN(C)CCCNC(=S)Nc1cnn(Cc2ccc(F)cc2)c1. The van der Waals surface area contributed by atoms with Crippen LogP contribution in [-0.2, 0) is 6.54 Å². The average molecular weight is 335 g/mol. The first-order valence-corrected chi connectivity index (χ1v) is 7.90. The van der Waals surface area contributed by atoms with Crippen LogP contribution < -0.4 is 10.6 Å². The van der Waals surface area contributed by atoms with E-state index in [0.717, 1.165) is 30.8 Å². The summed E-state index contributed by atoms with van der Waals surface area (Å²) in [5.74, 6) is -0.234. The van der Waals surface area contributed by atoms with Crippen molar-refractivity contribution in [2.24, 2.45) is 0 Å². The largest absolute Gasteiger partial charge is 0.362 e. The molecule has 0 saturated heterocycles. The fourth-order valence-corrected chi connectivity index (χ4v) is 2.28. The minimum absolute atomic E-state index is 0.234. The maximum Gasteiger partial charge on any atom is 0.170 e. The molecule has 0 saturated carbocycles. The van der Waals surface area contributed by atoms with Crippen LogP contribution in [0, 0.1) is 5.82 Å². The maximum absolute atomic E-state index is 12.9. The number of benzene rings is 1. The molecule has 2 rings (SSSR count). The highest BCUT2D eigenvalue weighted by atomic mass is 32.1. The van der Waals surface area contributed by atoms with Crippen LogP contribution >= 0.6 is 12.2 Å². The number of hydrogen-bond donors (Lipinski definition) is 2. The molecule has 2 N–H and O–H groups in total. The molecule has 0 aliphatic heterocycles. The highest BCUT2D eigenvalue weighted by molar-refractivity contribution is 7.80. The highest BCUT2D eigenvalue weighted by Gasteiger charge is 2.02. The lowest BCUT2D eigenvalue weighted by molar-refractivity contribution is 0.400. The van der Waals surface area contributed by atoms with Crippen LogP contribution in [0.2, 0.25) is 0 Å². The molecule has 0 radical (unpaired) electrons. The molecule has 0 aliphatic carbocycles. The fourth-order valence-electron chi connectivity index (χ4n) is 2.06. The van der Waals surface area contributed by atoms with E-state index < -0.39 is 0 Å². The maximum atomic E-state index is 12.9.